The Morgan fingerprint density at radius 1 is 0.769 bits per heavy atom. The maximum Gasteiger partial charge on any atom is 0.142 e. The number of anilines is 4. The second-order valence-corrected chi connectivity index (χ2v) is 5.87. The Kier molecular flexibility index (Phi) is 5.22. The molecule has 0 saturated carbocycles. The van der Waals surface area contributed by atoms with Crippen molar-refractivity contribution in [2.45, 2.75) is 13.8 Å². The number of nitrogens with zero attached hydrogens (tertiary/aromatic N) is 2. The summed E-state index contributed by atoms with van der Waals surface area (Å²) in [6, 6.07) is 15.6. The van der Waals surface area contributed by atoms with Gasteiger partial charge >= 0.3 is 0 Å². The lowest BCUT2D eigenvalue weighted by molar-refractivity contribution is 0.405. The summed E-state index contributed by atoms with van der Waals surface area (Å²) >= 11 is 0. The predicted molar refractivity (Wildman–Crippen MR) is 104 cm³/mol. The van der Waals surface area contributed by atoms with Crippen LogP contribution in [0.2, 0.25) is 0 Å². The van der Waals surface area contributed by atoms with Gasteiger partial charge in [-0.3, -0.25) is 0 Å². The van der Waals surface area contributed by atoms with Crippen molar-refractivity contribution < 1.29 is 9.47 Å². The standard InChI is InChI=1S/C20H22N4O2/c1-13-5-7-15(8-6-13)23-19-12-20(22-14(2)21-19)24-17-11-16(25-3)9-10-18(17)26-4/h5-12H,1-4H3,(H2,21,22,23,24). The summed E-state index contributed by atoms with van der Waals surface area (Å²) in [4.78, 5) is 8.91. The van der Waals surface area contributed by atoms with Crippen molar-refractivity contribution in [1.29, 1.82) is 0 Å². The molecular weight excluding hydrogens is 328 g/mol. The molecule has 26 heavy (non-hydrogen) atoms. The van der Waals surface area contributed by atoms with Gasteiger partial charge in [0.15, 0.2) is 0 Å². The number of rotatable bonds is 6. The van der Waals surface area contributed by atoms with E-state index in [1.807, 2.05) is 43.3 Å². The Morgan fingerprint density at radius 2 is 1.46 bits per heavy atom. The molecule has 6 heteroatoms. The van der Waals surface area contributed by atoms with E-state index in [9.17, 15) is 0 Å². The van der Waals surface area contributed by atoms with E-state index >= 15 is 0 Å². The first kappa shape index (κ1) is 17.5. The first-order chi connectivity index (χ1) is 12.6. The van der Waals surface area contributed by atoms with E-state index in [1.54, 1.807) is 14.2 Å². The van der Waals surface area contributed by atoms with Crippen LogP contribution in [0.4, 0.5) is 23.0 Å². The van der Waals surface area contributed by atoms with E-state index in [2.05, 4.69) is 39.7 Å². The molecule has 3 rings (SSSR count). The largest absolute Gasteiger partial charge is 0.497 e. The highest BCUT2D eigenvalue weighted by atomic mass is 16.5. The van der Waals surface area contributed by atoms with Crippen LogP contribution in [-0.2, 0) is 0 Å². The highest BCUT2D eigenvalue weighted by Crippen LogP contribution is 2.31. The molecule has 3 aromatic rings. The van der Waals surface area contributed by atoms with Crippen molar-refractivity contribution >= 4 is 23.0 Å². The number of ether oxygens (including phenoxy) is 2. The van der Waals surface area contributed by atoms with Crippen LogP contribution in [0.5, 0.6) is 11.5 Å². The molecule has 0 unspecified atom stereocenters. The Balaban J connectivity index is 1.87. The van der Waals surface area contributed by atoms with Crippen molar-refractivity contribution in [3.8, 4) is 11.5 Å². The summed E-state index contributed by atoms with van der Waals surface area (Å²) in [5, 5.41) is 6.58. The number of hydrogen-bond donors (Lipinski definition) is 2. The van der Waals surface area contributed by atoms with Gasteiger partial charge in [-0.2, -0.15) is 0 Å². The lowest BCUT2D eigenvalue weighted by Gasteiger charge is -2.14. The molecular formula is C20H22N4O2. The van der Waals surface area contributed by atoms with E-state index in [-0.39, 0.29) is 0 Å². The molecule has 0 spiro atoms. The van der Waals surface area contributed by atoms with Crippen LogP contribution >= 0.6 is 0 Å². The van der Waals surface area contributed by atoms with Crippen LogP contribution in [0.1, 0.15) is 11.4 Å². The molecule has 0 saturated heterocycles. The van der Waals surface area contributed by atoms with E-state index < -0.39 is 0 Å². The van der Waals surface area contributed by atoms with E-state index in [1.165, 1.54) is 5.56 Å². The van der Waals surface area contributed by atoms with E-state index in [0.717, 1.165) is 17.1 Å². The molecule has 0 aliphatic rings. The monoisotopic (exact) mass is 350 g/mol. The first-order valence-corrected chi connectivity index (χ1v) is 8.26. The minimum absolute atomic E-state index is 0.659. The van der Waals surface area contributed by atoms with Crippen LogP contribution in [-0.4, -0.2) is 24.2 Å². The Bertz CT molecular complexity index is 895. The number of benzene rings is 2. The van der Waals surface area contributed by atoms with Gasteiger partial charge < -0.3 is 20.1 Å². The van der Waals surface area contributed by atoms with E-state index in [0.29, 0.717) is 23.2 Å². The average molecular weight is 350 g/mol. The van der Waals surface area contributed by atoms with Gasteiger partial charge in [-0.05, 0) is 38.1 Å². The highest BCUT2D eigenvalue weighted by molar-refractivity contribution is 5.68. The SMILES string of the molecule is COc1ccc(OC)c(Nc2cc(Nc3ccc(C)cc3)nc(C)n2)c1. The first-order valence-electron chi connectivity index (χ1n) is 8.26. The average Bonchev–Trinajstić information content (AvgIpc) is 2.63. The second kappa shape index (κ2) is 7.74. The van der Waals surface area contributed by atoms with Crippen molar-refractivity contribution in [2.24, 2.45) is 0 Å². The van der Waals surface area contributed by atoms with Gasteiger partial charge in [0.25, 0.3) is 0 Å². The van der Waals surface area contributed by atoms with Crippen LogP contribution < -0.4 is 20.1 Å². The zero-order valence-electron chi connectivity index (χ0n) is 15.3. The van der Waals surface area contributed by atoms with Crippen molar-refractivity contribution in [3.63, 3.8) is 0 Å². The summed E-state index contributed by atoms with van der Waals surface area (Å²) in [6.45, 7) is 3.91. The number of methoxy groups -OCH3 is 2. The summed E-state index contributed by atoms with van der Waals surface area (Å²) in [5.41, 5.74) is 2.95. The molecule has 134 valence electrons. The zero-order valence-corrected chi connectivity index (χ0v) is 15.3. The van der Waals surface area contributed by atoms with Gasteiger partial charge in [0.1, 0.15) is 29.0 Å². The molecule has 1 aromatic heterocycles. The van der Waals surface area contributed by atoms with Crippen molar-refractivity contribution in [1.82, 2.24) is 9.97 Å². The van der Waals surface area contributed by atoms with Gasteiger partial charge in [-0.25, -0.2) is 9.97 Å². The maximum absolute atomic E-state index is 5.41. The Hall–Kier alpha value is -3.28. The molecule has 0 aliphatic carbocycles. The van der Waals surface area contributed by atoms with Crippen molar-refractivity contribution in [2.75, 3.05) is 24.9 Å². The summed E-state index contributed by atoms with van der Waals surface area (Å²) in [7, 11) is 3.26. The fraction of sp³-hybridized carbons (Fsp3) is 0.200. The predicted octanol–water partition coefficient (Wildman–Crippen LogP) is 4.60. The molecule has 0 aliphatic heterocycles. The Labute approximate surface area is 153 Å². The molecule has 2 N–H and O–H groups in total. The number of aryl methyl sites for hydroxylation is 2. The molecule has 0 radical (unpaired) electrons. The summed E-state index contributed by atoms with van der Waals surface area (Å²) in [5.74, 6) is 3.48. The van der Waals surface area contributed by atoms with Gasteiger partial charge in [-0.1, -0.05) is 17.7 Å². The van der Waals surface area contributed by atoms with Gasteiger partial charge in [-0.15, -0.1) is 0 Å². The van der Waals surface area contributed by atoms with Gasteiger partial charge in [0.2, 0.25) is 0 Å². The third-order valence-electron chi connectivity index (χ3n) is 3.83. The molecule has 0 amide bonds. The fourth-order valence-corrected chi connectivity index (χ4v) is 2.53. The zero-order chi connectivity index (χ0) is 18.5. The minimum Gasteiger partial charge on any atom is -0.497 e. The lowest BCUT2D eigenvalue weighted by Crippen LogP contribution is -2.02. The quantitative estimate of drug-likeness (QED) is 0.677. The molecule has 1 heterocycles. The van der Waals surface area contributed by atoms with E-state index in [4.69, 9.17) is 9.47 Å². The molecule has 0 bridgehead atoms. The maximum atomic E-state index is 5.41. The lowest BCUT2D eigenvalue weighted by atomic mass is 10.2. The fourth-order valence-electron chi connectivity index (χ4n) is 2.53. The molecule has 6 nitrogen and oxygen atoms in total. The van der Waals surface area contributed by atoms with Crippen LogP contribution in [0.3, 0.4) is 0 Å². The van der Waals surface area contributed by atoms with Crippen molar-refractivity contribution in [3.05, 3.63) is 59.9 Å². The minimum atomic E-state index is 0.659. The van der Waals surface area contributed by atoms with Gasteiger partial charge in [0, 0.05) is 17.8 Å². The van der Waals surface area contributed by atoms with Crippen LogP contribution in [0.25, 0.3) is 0 Å². The summed E-state index contributed by atoms with van der Waals surface area (Å²) < 4.78 is 10.7. The third kappa shape index (κ3) is 4.22. The van der Waals surface area contributed by atoms with Gasteiger partial charge in [0.05, 0.1) is 19.9 Å². The third-order valence-corrected chi connectivity index (χ3v) is 3.83. The molecule has 2 aromatic carbocycles. The Morgan fingerprint density at radius 3 is 2.12 bits per heavy atom. The topological polar surface area (TPSA) is 68.3 Å². The normalized spacial score (nSPS) is 10.3. The van der Waals surface area contributed by atoms with Crippen LogP contribution in [0.15, 0.2) is 48.5 Å². The summed E-state index contributed by atoms with van der Waals surface area (Å²) in [6.07, 6.45) is 0. The number of nitrogens with one attached hydrogen (secondary N) is 2. The highest BCUT2D eigenvalue weighted by Gasteiger charge is 2.08. The van der Waals surface area contributed by atoms with Crippen LogP contribution in [0, 0.1) is 13.8 Å². The smallest absolute Gasteiger partial charge is 0.142 e. The molecule has 0 atom stereocenters. The number of hydrogen-bond acceptors (Lipinski definition) is 6. The molecule has 0 fully saturated rings. The number of aromatic nitrogens is 2. The second-order valence-electron chi connectivity index (χ2n) is 5.87.